The summed E-state index contributed by atoms with van der Waals surface area (Å²) in [5.74, 6) is 0.294. The number of amides is 1. The van der Waals surface area contributed by atoms with Crippen LogP contribution in [-0.2, 0) is 11.2 Å². The number of piperazine rings is 1. The lowest BCUT2D eigenvalue weighted by Gasteiger charge is -2.40. The molecule has 3 heteroatoms. The van der Waals surface area contributed by atoms with Crippen LogP contribution in [0, 0.1) is 0 Å². The van der Waals surface area contributed by atoms with Crippen LogP contribution >= 0.6 is 0 Å². The van der Waals surface area contributed by atoms with E-state index in [1.807, 2.05) is 4.90 Å². The molecular formula is C14H18N2O. The van der Waals surface area contributed by atoms with Gasteiger partial charge in [-0.25, -0.2) is 0 Å². The molecule has 0 aliphatic carbocycles. The Hall–Kier alpha value is -1.51. The Balaban J connectivity index is 1.91. The highest BCUT2D eigenvalue weighted by Crippen LogP contribution is 2.34. The SMILES string of the molecule is CC(C)N1CCN2c3ccccc3CC2C1=O. The van der Waals surface area contributed by atoms with Crippen molar-refractivity contribution >= 4 is 11.6 Å². The number of para-hydroxylation sites is 1. The third kappa shape index (κ3) is 1.53. The van der Waals surface area contributed by atoms with Gasteiger partial charge in [0.25, 0.3) is 0 Å². The number of hydrogen-bond donors (Lipinski definition) is 0. The molecule has 1 fully saturated rings. The molecule has 0 N–H and O–H groups in total. The van der Waals surface area contributed by atoms with E-state index in [1.54, 1.807) is 0 Å². The van der Waals surface area contributed by atoms with Crippen LogP contribution in [0.4, 0.5) is 5.69 Å². The van der Waals surface area contributed by atoms with Gasteiger partial charge in [-0.2, -0.15) is 0 Å². The average molecular weight is 230 g/mol. The summed E-state index contributed by atoms with van der Waals surface area (Å²) in [6.07, 6.45) is 0.873. The van der Waals surface area contributed by atoms with Crippen molar-refractivity contribution in [3.63, 3.8) is 0 Å². The van der Waals surface area contributed by atoms with E-state index in [4.69, 9.17) is 0 Å². The number of nitrogens with zero attached hydrogens (tertiary/aromatic N) is 2. The Kier molecular flexibility index (Phi) is 2.35. The van der Waals surface area contributed by atoms with E-state index < -0.39 is 0 Å². The molecular weight excluding hydrogens is 212 g/mol. The van der Waals surface area contributed by atoms with Crippen LogP contribution in [0.1, 0.15) is 19.4 Å². The van der Waals surface area contributed by atoms with Crippen LogP contribution in [0.2, 0.25) is 0 Å². The Morgan fingerprint density at radius 1 is 1.24 bits per heavy atom. The van der Waals surface area contributed by atoms with Gasteiger partial charge in [-0.15, -0.1) is 0 Å². The Morgan fingerprint density at radius 2 is 2.00 bits per heavy atom. The topological polar surface area (TPSA) is 23.6 Å². The summed E-state index contributed by atoms with van der Waals surface area (Å²) in [5.41, 5.74) is 2.57. The highest BCUT2D eigenvalue weighted by atomic mass is 16.2. The molecule has 0 radical (unpaired) electrons. The molecule has 17 heavy (non-hydrogen) atoms. The van der Waals surface area contributed by atoms with Crippen LogP contribution in [0.15, 0.2) is 24.3 Å². The fourth-order valence-electron chi connectivity index (χ4n) is 2.98. The first-order chi connectivity index (χ1) is 8.18. The number of rotatable bonds is 1. The van der Waals surface area contributed by atoms with Gasteiger partial charge in [0.1, 0.15) is 6.04 Å². The zero-order valence-electron chi connectivity index (χ0n) is 10.4. The molecule has 0 aromatic heterocycles. The predicted octanol–water partition coefficient (Wildman–Crippen LogP) is 1.67. The first kappa shape index (κ1) is 10.6. The Bertz CT molecular complexity index is 455. The standard InChI is InChI=1S/C14H18N2O/c1-10(2)15-7-8-16-12-6-4-3-5-11(12)9-13(16)14(15)17/h3-6,10,13H,7-9H2,1-2H3. The second-order valence-electron chi connectivity index (χ2n) is 5.17. The van der Waals surface area contributed by atoms with Gasteiger partial charge in [-0.05, 0) is 25.5 Å². The highest BCUT2D eigenvalue weighted by molar-refractivity contribution is 5.89. The average Bonchev–Trinajstić information content (AvgIpc) is 2.69. The molecule has 90 valence electrons. The zero-order chi connectivity index (χ0) is 12.0. The normalized spacial score (nSPS) is 23.0. The number of carbonyl (C=O) groups excluding carboxylic acids is 1. The summed E-state index contributed by atoms with van der Waals surface area (Å²) in [7, 11) is 0. The van der Waals surface area contributed by atoms with E-state index >= 15 is 0 Å². The smallest absolute Gasteiger partial charge is 0.245 e. The molecule has 1 aromatic carbocycles. The summed E-state index contributed by atoms with van der Waals surface area (Å²) >= 11 is 0. The minimum atomic E-state index is 0.0450. The van der Waals surface area contributed by atoms with Gasteiger partial charge in [-0.1, -0.05) is 18.2 Å². The first-order valence-corrected chi connectivity index (χ1v) is 6.33. The monoisotopic (exact) mass is 230 g/mol. The van der Waals surface area contributed by atoms with Crippen LogP contribution in [0.25, 0.3) is 0 Å². The van der Waals surface area contributed by atoms with Crippen molar-refractivity contribution in [3.05, 3.63) is 29.8 Å². The van der Waals surface area contributed by atoms with Crippen LogP contribution < -0.4 is 4.90 Å². The first-order valence-electron chi connectivity index (χ1n) is 6.33. The van der Waals surface area contributed by atoms with Gasteiger partial charge in [0.05, 0.1) is 0 Å². The second-order valence-corrected chi connectivity index (χ2v) is 5.17. The van der Waals surface area contributed by atoms with Crippen molar-refractivity contribution in [2.45, 2.75) is 32.4 Å². The molecule has 3 nitrogen and oxygen atoms in total. The Labute approximate surface area is 102 Å². The van der Waals surface area contributed by atoms with Crippen LogP contribution in [0.5, 0.6) is 0 Å². The minimum Gasteiger partial charge on any atom is -0.357 e. The third-order valence-corrected chi connectivity index (χ3v) is 3.86. The third-order valence-electron chi connectivity index (χ3n) is 3.86. The van der Waals surface area contributed by atoms with E-state index in [0.717, 1.165) is 19.5 Å². The van der Waals surface area contributed by atoms with E-state index in [9.17, 15) is 4.79 Å². The molecule has 1 unspecified atom stereocenters. The number of carbonyl (C=O) groups is 1. The van der Waals surface area contributed by atoms with Crippen molar-refractivity contribution in [2.75, 3.05) is 18.0 Å². The number of benzene rings is 1. The lowest BCUT2D eigenvalue weighted by molar-refractivity contribution is -0.135. The quantitative estimate of drug-likeness (QED) is 0.732. The molecule has 1 aromatic rings. The number of hydrogen-bond acceptors (Lipinski definition) is 2. The maximum Gasteiger partial charge on any atom is 0.245 e. The van der Waals surface area contributed by atoms with Crippen molar-refractivity contribution in [3.8, 4) is 0 Å². The van der Waals surface area contributed by atoms with Crippen molar-refractivity contribution < 1.29 is 4.79 Å². The molecule has 1 saturated heterocycles. The molecule has 2 aliphatic rings. The van der Waals surface area contributed by atoms with Gasteiger partial charge >= 0.3 is 0 Å². The number of anilines is 1. The van der Waals surface area contributed by atoms with Crippen molar-refractivity contribution in [1.29, 1.82) is 0 Å². The van der Waals surface area contributed by atoms with Crippen LogP contribution in [0.3, 0.4) is 0 Å². The number of fused-ring (bicyclic) bond motifs is 3. The highest BCUT2D eigenvalue weighted by Gasteiger charge is 2.40. The summed E-state index contributed by atoms with van der Waals surface area (Å²) in [4.78, 5) is 16.7. The minimum absolute atomic E-state index is 0.0450. The van der Waals surface area contributed by atoms with Crippen molar-refractivity contribution in [1.82, 2.24) is 4.90 Å². The summed E-state index contributed by atoms with van der Waals surface area (Å²) in [6.45, 7) is 6.00. The molecule has 2 heterocycles. The molecule has 1 atom stereocenters. The van der Waals surface area contributed by atoms with Gasteiger partial charge in [0.2, 0.25) is 5.91 Å². The fraction of sp³-hybridized carbons (Fsp3) is 0.500. The van der Waals surface area contributed by atoms with Crippen LogP contribution in [-0.4, -0.2) is 36.0 Å². The summed E-state index contributed by atoms with van der Waals surface area (Å²) in [5, 5.41) is 0. The van der Waals surface area contributed by atoms with E-state index in [2.05, 4.69) is 43.0 Å². The lowest BCUT2D eigenvalue weighted by atomic mass is 10.1. The van der Waals surface area contributed by atoms with Gasteiger partial charge < -0.3 is 9.80 Å². The molecule has 0 saturated carbocycles. The molecule has 2 aliphatic heterocycles. The van der Waals surface area contributed by atoms with Gasteiger partial charge in [-0.3, -0.25) is 4.79 Å². The lowest BCUT2D eigenvalue weighted by Crippen LogP contribution is -2.57. The molecule has 0 bridgehead atoms. The predicted molar refractivity (Wildman–Crippen MR) is 68.1 cm³/mol. The fourth-order valence-corrected chi connectivity index (χ4v) is 2.98. The summed E-state index contributed by atoms with van der Waals surface area (Å²) < 4.78 is 0. The van der Waals surface area contributed by atoms with Gasteiger partial charge in [0.15, 0.2) is 0 Å². The Morgan fingerprint density at radius 3 is 2.76 bits per heavy atom. The maximum atomic E-state index is 12.4. The van der Waals surface area contributed by atoms with E-state index in [1.165, 1.54) is 11.3 Å². The van der Waals surface area contributed by atoms with Crippen molar-refractivity contribution in [2.24, 2.45) is 0 Å². The summed E-state index contributed by atoms with van der Waals surface area (Å²) in [6, 6.07) is 8.74. The molecule has 3 rings (SSSR count). The van der Waals surface area contributed by atoms with E-state index in [0.29, 0.717) is 11.9 Å². The van der Waals surface area contributed by atoms with Gasteiger partial charge in [0, 0.05) is 31.2 Å². The molecule has 1 amide bonds. The zero-order valence-corrected chi connectivity index (χ0v) is 10.4. The van der Waals surface area contributed by atoms with E-state index in [-0.39, 0.29) is 6.04 Å². The largest absolute Gasteiger partial charge is 0.357 e. The second kappa shape index (κ2) is 3.76. The maximum absolute atomic E-state index is 12.4. The molecule has 0 spiro atoms.